The SMILES string of the molecule is C[C@@H](NC(=O)NC1CCCCC1)[C@H](c1cccs1)N1CCOCC1. The van der Waals surface area contributed by atoms with Crippen LogP contribution < -0.4 is 10.6 Å². The van der Waals surface area contributed by atoms with Gasteiger partial charge in [-0.2, -0.15) is 0 Å². The standard InChI is InChI=1S/C18H29N3O2S/c1-14(19-18(22)20-15-6-3-2-4-7-15)17(16-8-5-13-24-16)21-9-11-23-12-10-21/h5,8,13-15,17H,2-4,6-7,9-12H2,1H3,(H2,19,20,22)/t14-,17-/m1/s1. The van der Waals surface area contributed by atoms with Crippen molar-refractivity contribution in [3.8, 4) is 0 Å². The van der Waals surface area contributed by atoms with Gasteiger partial charge in [-0.1, -0.05) is 25.3 Å². The summed E-state index contributed by atoms with van der Waals surface area (Å²) in [4.78, 5) is 16.2. The minimum absolute atomic E-state index is 0.0239. The van der Waals surface area contributed by atoms with E-state index in [1.807, 2.05) is 0 Å². The fourth-order valence-corrected chi connectivity index (χ4v) is 4.78. The Kier molecular flexibility index (Phi) is 6.51. The molecule has 0 radical (unpaired) electrons. The van der Waals surface area contributed by atoms with Crippen LogP contribution in [0.3, 0.4) is 0 Å². The van der Waals surface area contributed by atoms with Gasteiger partial charge in [0, 0.05) is 30.1 Å². The molecule has 2 fully saturated rings. The molecule has 1 saturated carbocycles. The molecule has 1 aromatic heterocycles. The monoisotopic (exact) mass is 351 g/mol. The first-order valence-corrected chi connectivity index (χ1v) is 10.0. The molecule has 0 aromatic carbocycles. The molecule has 2 amide bonds. The lowest BCUT2D eigenvalue weighted by Gasteiger charge is -2.37. The highest BCUT2D eigenvalue weighted by atomic mass is 32.1. The van der Waals surface area contributed by atoms with Crippen molar-refractivity contribution in [2.45, 2.75) is 57.2 Å². The fraction of sp³-hybridized carbons (Fsp3) is 0.722. The summed E-state index contributed by atoms with van der Waals surface area (Å²) in [6.45, 7) is 5.48. The first-order chi connectivity index (χ1) is 11.7. The van der Waals surface area contributed by atoms with Gasteiger partial charge in [0.15, 0.2) is 0 Å². The number of thiophene rings is 1. The van der Waals surface area contributed by atoms with Gasteiger partial charge in [-0.15, -0.1) is 11.3 Å². The second-order valence-corrected chi connectivity index (χ2v) is 7.83. The van der Waals surface area contributed by atoms with Crippen molar-refractivity contribution in [1.29, 1.82) is 0 Å². The van der Waals surface area contributed by atoms with E-state index in [-0.39, 0.29) is 18.1 Å². The van der Waals surface area contributed by atoms with Gasteiger partial charge in [-0.3, -0.25) is 4.90 Å². The number of amides is 2. The number of nitrogens with zero attached hydrogens (tertiary/aromatic N) is 1. The molecule has 2 heterocycles. The maximum absolute atomic E-state index is 12.4. The normalized spacial score (nSPS) is 22.7. The van der Waals surface area contributed by atoms with E-state index in [2.05, 4.69) is 40.0 Å². The molecular formula is C18H29N3O2S. The molecule has 0 spiro atoms. The highest BCUT2D eigenvalue weighted by molar-refractivity contribution is 7.10. The summed E-state index contributed by atoms with van der Waals surface area (Å²) in [5.74, 6) is 0. The van der Waals surface area contributed by atoms with Gasteiger partial charge >= 0.3 is 6.03 Å². The molecule has 24 heavy (non-hydrogen) atoms. The van der Waals surface area contributed by atoms with Crippen molar-refractivity contribution in [2.75, 3.05) is 26.3 Å². The smallest absolute Gasteiger partial charge is 0.315 e. The lowest BCUT2D eigenvalue weighted by atomic mass is 9.96. The molecule has 6 heteroatoms. The molecule has 134 valence electrons. The van der Waals surface area contributed by atoms with E-state index in [4.69, 9.17) is 4.74 Å². The van der Waals surface area contributed by atoms with Gasteiger partial charge in [-0.25, -0.2) is 4.79 Å². The highest BCUT2D eigenvalue weighted by Crippen LogP contribution is 2.29. The van der Waals surface area contributed by atoms with Crippen LogP contribution in [0.25, 0.3) is 0 Å². The molecule has 0 bridgehead atoms. The average Bonchev–Trinajstić information content (AvgIpc) is 3.11. The van der Waals surface area contributed by atoms with E-state index in [1.54, 1.807) is 11.3 Å². The van der Waals surface area contributed by atoms with Crippen LogP contribution in [0.15, 0.2) is 17.5 Å². The second kappa shape index (κ2) is 8.83. The highest BCUT2D eigenvalue weighted by Gasteiger charge is 2.29. The Morgan fingerprint density at radius 3 is 2.71 bits per heavy atom. The van der Waals surface area contributed by atoms with Gasteiger partial charge in [0.25, 0.3) is 0 Å². The molecule has 1 aromatic rings. The summed E-state index contributed by atoms with van der Waals surface area (Å²) < 4.78 is 5.49. The van der Waals surface area contributed by atoms with E-state index < -0.39 is 0 Å². The molecular weight excluding hydrogens is 322 g/mol. The molecule has 2 N–H and O–H groups in total. The zero-order valence-corrected chi connectivity index (χ0v) is 15.3. The topological polar surface area (TPSA) is 53.6 Å². The average molecular weight is 352 g/mol. The molecule has 0 unspecified atom stereocenters. The molecule has 1 aliphatic heterocycles. The molecule has 2 atom stereocenters. The van der Waals surface area contributed by atoms with Crippen LogP contribution in [0.2, 0.25) is 0 Å². The number of hydrogen-bond acceptors (Lipinski definition) is 4. The number of carbonyl (C=O) groups excluding carboxylic acids is 1. The third kappa shape index (κ3) is 4.71. The summed E-state index contributed by atoms with van der Waals surface area (Å²) in [5, 5.41) is 8.46. The Morgan fingerprint density at radius 1 is 1.29 bits per heavy atom. The zero-order valence-electron chi connectivity index (χ0n) is 14.5. The van der Waals surface area contributed by atoms with Crippen molar-refractivity contribution < 1.29 is 9.53 Å². The molecule has 1 aliphatic carbocycles. The Hall–Kier alpha value is -1.11. The third-order valence-electron chi connectivity index (χ3n) is 5.05. The number of rotatable bonds is 5. The van der Waals surface area contributed by atoms with Crippen LogP contribution in [-0.2, 0) is 4.74 Å². The number of nitrogens with one attached hydrogen (secondary N) is 2. The molecule has 1 saturated heterocycles. The van der Waals surface area contributed by atoms with E-state index in [0.717, 1.165) is 39.1 Å². The maximum atomic E-state index is 12.4. The van der Waals surface area contributed by atoms with Crippen LogP contribution >= 0.6 is 11.3 Å². The number of hydrogen-bond donors (Lipinski definition) is 2. The largest absolute Gasteiger partial charge is 0.379 e. The first kappa shape index (κ1) is 17.7. The van der Waals surface area contributed by atoms with Gasteiger partial charge in [0.1, 0.15) is 0 Å². The van der Waals surface area contributed by atoms with E-state index in [0.29, 0.717) is 6.04 Å². The molecule has 2 aliphatic rings. The van der Waals surface area contributed by atoms with Gasteiger partial charge in [0.05, 0.1) is 19.3 Å². The van der Waals surface area contributed by atoms with E-state index >= 15 is 0 Å². The molecule has 5 nitrogen and oxygen atoms in total. The third-order valence-corrected chi connectivity index (χ3v) is 5.99. The Morgan fingerprint density at radius 2 is 2.04 bits per heavy atom. The first-order valence-electron chi connectivity index (χ1n) is 9.16. The van der Waals surface area contributed by atoms with Crippen LogP contribution in [0, 0.1) is 0 Å². The van der Waals surface area contributed by atoms with Gasteiger partial charge < -0.3 is 15.4 Å². The van der Waals surface area contributed by atoms with Crippen molar-refractivity contribution >= 4 is 17.4 Å². The minimum atomic E-state index is -0.0239. The summed E-state index contributed by atoms with van der Waals surface area (Å²) in [6, 6.07) is 4.85. The van der Waals surface area contributed by atoms with Crippen LogP contribution in [0.1, 0.15) is 49.9 Å². The van der Waals surface area contributed by atoms with Crippen molar-refractivity contribution in [3.63, 3.8) is 0 Å². The summed E-state index contributed by atoms with van der Waals surface area (Å²) in [5.41, 5.74) is 0. The number of morpholine rings is 1. The Balaban J connectivity index is 1.60. The van der Waals surface area contributed by atoms with Gasteiger partial charge in [-0.05, 0) is 31.2 Å². The lowest BCUT2D eigenvalue weighted by Crippen LogP contribution is -2.52. The number of ether oxygens (including phenoxy) is 1. The number of urea groups is 1. The van der Waals surface area contributed by atoms with Crippen LogP contribution in [-0.4, -0.2) is 49.3 Å². The van der Waals surface area contributed by atoms with E-state index in [9.17, 15) is 4.79 Å². The predicted octanol–water partition coefficient (Wildman–Crippen LogP) is 3.14. The fourth-order valence-electron chi connectivity index (χ4n) is 3.82. The minimum Gasteiger partial charge on any atom is -0.379 e. The maximum Gasteiger partial charge on any atom is 0.315 e. The Bertz CT molecular complexity index is 496. The van der Waals surface area contributed by atoms with E-state index in [1.165, 1.54) is 24.1 Å². The van der Waals surface area contributed by atoms with Gasteiger partial charge in [0.2, 0.25) is 0 Å². The second-order valence-electron chi connectivity index (χ2n) is 6.85. The zero-order chi connectivity index (χ0) is 16.8. The summed E-state index contributed by atoms with van der Waals surface area (Å²) in [7, 11) is 0. The summed E-state index contributed by atoms with van der Waals surface area (Å²) >= 11 is 1.76. The van der Waals surface area contributed by atoms with Crippen LogP contribution in [0.5, 0.6) is 0 Å². The number of carbonyl (C=O) groups is 1. The lowest BCUT2D eigenvalue weighted by molar-refractivity contribution is 0.0104. The Labute approximate surface area is 148 Å². The predicted molar refractivity (Wildman–Crippen MR) is 97.5 cm³/mol. The van der Waals surface area contributed by atoms with Crippen molar-refractivity contribution in [2.24, 2.45) is 0 Å². The molecule has 3 rings (SSSR count). The quantitative estimate of drug-likeness (QED) is 0.857. The summed E-state index contributed by atoms with van der Waals surface area (Å²) in [6.07, 6.45) is 5.98. The van der Waals surface area contributed by atoms with Crippen molar-refractivity contribution in [1.82, 2.24) is 15.5 Å². The van der Waals surface area contributed by atoms with Crippen molar-refractivity contribution in [3.05, 3.63) is 22.4 Å². The van der Waals surface area contributed by atoms with Crippen LogP contribution in [0.4, 0.5) is 4.79 Å².